The summed E-state index contributed by atoms with van der Waals surface area (Å²) in [6.45, 7) is 3.20. The number of nitrogens with zero attached hydrogens (tertiary/aromatic N) is 4. The topological polar surface area (TPSA) is 45.5 Å². The summed E-state index contributed by atoms with van der Waals surface area (Å²) < 4.78 is 1.89. The highest BCUT2D eigenvalue weighted by atomic mass is 127. The molecule has 1 aromatic heterocycles. The molecule has 1 N–H and O–H groups in total. The quantitative estimate of drug-likeness (QED) is 0.477. The maximum Gasteiger partial charge on any atom is 0.193 e. The molecule has 0 spiro atoms. The van der Waals surface area contributed by atoms with E-state index in [1.807, 2.05) is 25.0 Å². The number of aryl methyl sites for hydroxylation is 1. The van der Waals surface area contributed by atoms with Crippen LogP contribution in [0.5, 0.6) is 0 Å². The van der Waals surface area contributed by atoms with E-state index in [9.17, 15) is 0 Å². The Balaban J connectivity index is 0.00000161. The summed E-state index contributed by atoms with van der Waals surface area (Å²) in [5.41, 5.74) is 1.35. The SMILES string of the molecule is CN=C(NCCC1CC1)N1CCC(c2cnn(C)c2)C1.I. The van der Waals surface area contributed by atoms with Gasteiger partial charge in [0.05, 0.1) is 6.20 Å². The van der Waals surface area contributed by atoms with Crippen LogP contribution in [0.15, 0.2) is 17.4 Å². The van der Waals surface area contributed by atoms with Gasteiger partial charge in [0.2, 0.25) is 0 Å². The highest BCUT2D eigenvalue weighted by molar-refractivity contribution is 14.0. The van der Waals surface area contributed by atoms with E-state index in [1.165, 1.54) is 31.2 Å². The third-order valence-corrected chi connectivity index (χ3v) is 4.43. The van der Waals surface area contributed by atoms with Gasteiger partial charge < -0.3 is 10.2 Å². The third kappa shape index (κ3) is 4.34. The third-order valence-electron chi connectivity index (χ3n) is 4.43. The number of hydrogen-bond acceptors (Lipinski definition) is 2. The van der Waals surface area contributed by atoms with Gasteiger partial charge in [0.15, 0.2) is 5.96 Å². The lowest BCUT2D eigenvalue weighted by atomic mass is 10.0. The molecule has 2 fully saturated rings. The fourth-order valence-corrected chi connectivity index (χ4v) is 3.00. The van der Waals surface area contributed by atoms with Gasteiger partial charge in [0.1, 0.15) is 0 Å². The number of hydrogen-bond donors (Lipinski definition) is 1. The largest absolute Gasteiger partial charge is 0.356 e. The zero-order chi connectivity index (χ0) is 13.9. The van der Waals surface area contributed by atoms with Crippen LogP contribution < -0.4 is 5.32 Å². The minimum Gasteiger partial charge on any atom is -0.356 e. The maximum atomic E-state index is 4.43. The van der Waals surface area contributed by atoms with Crippen molar-refractivity contribution in [3.8, 4) is 0 Å². The van der Waals surface area contributed by atoms with Crippen molar-refractivity contribution < 1.29 is 0 Å². The number of rotatable bonds is 4. The molecular formula is C15H26IN5. The first-order valence-corrected chi connectivity index (χ1v) is 7.70. The summed E-state index contributed by atoms with van der Waals surface area (Å²) in [4.78, 5) is 6.81. The van der Waals surface area contributed by atoms with Crippen molar-refractivity contribution in [1.29, 1.82) is 0 Å². The molecule has 1 unspecified atom stereocenters. The Kier molecular flexibility index (Phi) is 5.89. The van der Waals surface area contributed by atoms with E-state index < -0.39 is 0 Å². The molecule has 0 amide bonds. The van der Waals surface area contributed by atoms with Crippen molar-refractivity contribution in [2.24, 2.45) is 18.0 Å². The van der Waals surface area contributed by atoms with E-state index >= 15 is 0 Å². The number of guanidine groups is 1. The smallest absolute Gasteiger partial charge is 0.193 e. The van der Waals surface area contributed by atoms with Gasteiger partial charge in [0.25, 0.3) is 0 Å². The Bertz CT molecular complexity index is 480. The molecule has 118 valence electrons. The molecule has 1 saturated carbocycles. The highest BCUT2D eigenvalue weighted by Crippen LogP contribution is 2.31. The average molecular weight is 403 g/mol. The van der Waals surface area contributed by atoms with E-state index in [2.05, 4.69) is 26.5 Å². The summed E-state index contributed by atoms with van der Waals surface area (Å²) in [7, 11) is 3.87. The molecule has 1 saturated heterocycles. The summed E-state index contributed by atoms with van der Waals surface area (Å²) in [5, 5.41) is 7.79. The van der Waals surface area contributed by atoms with Gasteiger partial charge in [-0.2, -0.15) is 5.10 Å². The molecule has 0 aromatic carbocycles. The number of aliphatic imine (C=N–C) groups is 1. The Morgan fingerprint density at radius 1 is 1.43 bits per heavy atom. The molecule has 0 bridgehead atoms. The van der Waals surface area contributed by atoms with Gasteiger partial charge in [0, 0.05) is 45.8 Å². The minimum atomic E-state index is 0. The molecule has 6 heteroatoms. The van der Waals surface area contributed by atoms with Crippen LogP contribution in [-0.2, 0) is 7.05 Å². The van der Waals surface area contributed by atoms with Crippen LogP contribution >= 0.6 is 24.0 Å². The predicted octanol–water partition coefficient (Wildman–Crippen LogP) is 2.20. The van der Waals surface area contributed by atoms with Gasteiger partial charge in [-0.15, -0.1) is 24.0 Å². The van der Waals surface area contributed by atoms with Gasteiger partial charge in [-0.05, 0) is 24.3 Å². The molecule has 2 heterocycles. The molecule has 1 aromatic rings. The van der Waals surface area contributed by atoms with E-state index in [-0.39, 0.29) is 24.0 Å². The second-order valence-corrected chi connectivity index (χ2v) is 6.08. The second-order valence-electron chi connectivity index (χ2n) is 6.08. The van der Waals surface area contributed by atoms with Crippen molar-refractivity contribution in [3.63, 3.8) is 0 Å². The summed E-state index contributed by atoms with van der Waals surface area (Å²) in [5.74, 6) is 2.63. The molecule has 2 aliphatic rings. The molecule has 1 atom stereocenters. The van der Waals surface area contributed by atoms with Gasteiger partial charge in [-0.1, -0.05) is 12.8 Å². The fourth-order valence-electron chi connectivity index (χ4n) is 3.00. The Morgan fingerprint density at radius 3 is 2.86 bits per heavy atom. The van der Waals surface area contributed by atoms with E-state index in [1.54, 1.807) is 0 Å². The van der Waals surface area contributed by atoms with Crippen LogP contribution in [-0.4, -0.2) is 47.3 Å². The van der Waals surface area contributed by atoms with E-state index in [0.717, 1.165) is 31.5 Å². The highest BCUT2D eigenvalue weighted by Gasteiger charge is 2.27. The lowest BCUT2D eigenvalue weighted by molar-refractivity contribution is 0.483. The van der Waals surface area contributed by atoms with Crippen molar-refractivity contribution in [3.05, 3.63) is 18.0 Å². The number of aromatic nitrogens is 2. The average Bonchev–Trinajstić information content (AvgIpc) is 2.96. The van der Waals surface area contributed by atoms with Crippen LogP contribution in [0.2, 0.25) is 0 Å². The van der Waals surface area contributed by atoms with Crippen LogP contribution in [0.25, 0.3) is 0 Å². The Morgan fingerprint density at radius 2 is 2.24 bits per heavy atom. The molecule has 0 radical (unpaired) electrons. The van der Waals surface area contributed by atoms with Crippen LogP contribution in [0.1, 0.15) is 37.2 Å². The first kappa shape index (κ1) is 16.6. The number of halogens is 1. The van der Waals surface area contributed by atoms with E-state index in [4.69, 9.17) is 0 Å². The first-order valence-electron chi connectivity index (χ1n) is 7.70. The van der Waals surface area contributed by atoms with Gasteiger partial charge >= 0.3 is 0 Å². The second kappa shape index (κ2) is 7.47. The Labute approximate surface area is 144 Å². The summed E-state index contributed by atoms with van der Waals surface area (Å²) in [6, 6.07) is 0. The standard InChI is InChI=1S/C15H25N5.HI/c1-16-15(17-7-5-12-3-4-12)20-8-6-13(11-20)14-9-18-19(2)10-14;/h9-10,12-13H,3-8,11H2,1-2H3,(H,16,17);1H. The van der Waals surface area contributed by atoms with E-state index in [0.29, 0.717) is 5.92 Å². The summed E-state index contributed by atoms with van der Waals surface area (Å²) >= 11 is 0. The number of nitrogens with one attached hydrogen (secondary N) is 1. The zero-order valence-electron chi connectivity index (χ0n) is 13.0. The Hall–Kier alpha value is -0.790. The van der Waals surface area contributed by atoms with Gasteiger partial charge in [-0.3, -0.25) is 9.67 Å². The monoisotopic (exact) mass is 403 g/mol. The van der Waals surface area contributed by atoms with Crippen LogP contribution in [0.4, 0.5) is 0 Å². The van der Waals surface area contributed by atoms with Crippen molar-refractivity contribution in [2.45, 2.75) is 31.6 Å². The van der Waals surface area contributed by atoms with Crippen molar-refractivity contribution in [2.75, 3.05) is 26.7 Å². The predicted molar refractivity (Wildman–Crippen MR) is 96.3 cm³/mol. The summed E-state index contributed by atoms with van der Waals surface area (Å²) in [6.07, 6.45) is 9.46. The molecule has 1 aliphatic carbocycles. The van der Waals surface area contributed by atoms with Crippen LogP contribution in [0.3, 0.4) is 0 Å². The number of likely N-dealkylation sites (tertiary alicyclic amines) is 1. The normalized spacial score (nSPS) is 22.3. The van der Waals surface area contributed by atoms with Crippen LogP contribution in [0, 0.1) is 5.92 Å². The minimum absolute atomic E-state index is 0. The molecule has 5 nitrogen and oxygen atoms in total. The zero-order valence-corrected chi connectivity index (χ0v) is 15.3. The van der Waals surface area contributed by atoms with Crippen molar-refractivity contribution >= 4 is 29.9 Å². The first-order chi connectivity index (χ1) is 9.76. The van der Waals surface area contributed by atoms with Gasteiger partial charge in [-0.25, -0.2) is 0 Å². The lowest BCUT2D eigenvalue weighted by Crippen LogP contribution is -2.40. The molecule has 21 heavy (non-hydrogen) atoms. The lowest BCUT2D eigenvalue weighted by Gasteiger charge is -2.21. The van der Waals surface area contributed by atoms with Crippen molar-refractivity contribution in [1.82, 2.24) is 20.0 Å². The molecular weight excluding hydrogens is 377 g/mol. The maximum absolute atomic E-state index is 4.43. The fraction of sp³-hybridized carbons (Fsp3) is 0.733. The molecule has 3 rings (SSSR count). The molecule has 1 aliphatic heterocycles.